The predicted molar refractivity (Wildman–Crippen MR) is 55.6 cm³/mol. The van der Waals surface area contributed by atoms with Gasteiger partial charge in [0.15, 0.2) is 0 Å². The molecule has 0 saturated carbocycles. The van der Waals surface area contributed by atoms with Crippen LogP contribution in [-0.4, -0.2) is 17.4 Å². The molecule has 1 amide bonds. The van der Waals surface area contributed by atoms with Crippen LogP contribution in [-0.2, 0) is 4.79 Å². The molecule has 2 rings (SSSR count). The highest BCUT2D eigenvalue weighted by molar-refractivity contribution is 5.82. The Labute approximate surface area is 83.5 Å². The number of likely N-dealkylation sites (tertiary alicyclic amines) is 1. The molecule has 0 aliphatic carbocycles. The number of nitrogen functional groups attached to an aromatic ring is 1. The Hall–Kier alpha value is -1.51. The molecule has 1 aromatic carbocycles. The fourth-order valence-electron chi connectivity index (χ4n) is 1.70. The number of carbonyl (C=O) groups is 1. The first-order chi connectivity index (χ1) is 6.68. The maximum absolute atomic E-state index is 11.2. The number of anilines is 1. The lowest BCUT2D eigenvalue weighted by atomic mass is 10.0. The second kappa shape index (κ2) is 3.33. The van der Waals surface area contributed by atoms with Gasteiger partial charge in [0, 0.05) is 18.7 Å². The average molecular weight is 190 g/mol. The summed E-state index contributed by atoms with van der Waals surface area (Å²) in [6, 6.07) is 7.88. The summed E-state index contributed by atoms with van der Waals surface area (Å²) in [4.78, 5) is 13.1. The normalized spacial score (nSPS) is 17.8. The summed E-state index contributed by atoms with van der Waals surface area (Å²) in [5, 5.41) is 0. The molecule has 0 bridgehead atoms. The van der Waals surface area contributed by atoms with Crippen LogP contribution in [0.2, 0.25) is 0 Å². The van der Waals surface area contributed by atoms with E-state index in [-0.39, 0.29) is 11.9 Å². The maximum atomic E-state index is 11.2. The number of hydrogen-bond acceptors (Lipinski definition) is 2. The number of benzene rings is 1. The van der Waals surface area contributed by atoms with Crippen molar-refractivity contribution < 1.29 is 4.79 Å². The van der Waals surface area contributed by atoms with Gasteiger partial charge in [-0.25, -0.2) is 0 Å². The van der Waals surface area contributed by atoms with E-state index in [4.69, 9.17) is 5.73 Å². The van der Waals surface area contributed by atoms with Crippen LogP contribution in [0.25, 0.3) is 0 Å². The zero-order valence-electron chi connectivity index (χ0n) is 8.23. The van der Waals surface area contributed by atoms with Crippen molar-refractivity contribution in [2.45, 2.75) is 19.4 Å². The lowest BCUT2D eigenvalue weighted by Gasteiger charge is -2.36. The molecule has 1 aliphatic rings. The predicted octanol–water partition coefficient (Wildman–Crippen LogP) is 1.56. The number of nitrogens with zero attached hydrogens (tertiary/aromatic N) is 1. The topological polar surface area (TPSA) is 46.3 Å². The quantitative estimate of drug-likeness (QED) is 0.568. The Morgan fingerprint density at radius 2 is 2.00 bits per heavy atom. The number of hydrogen-bond donors (Lipinski definition) is 1. The van der Waals surface area contributed by atoms with Crippen LogP contribution in [0.1, 0.15) is 24.9 Å². The summed E-state index contributed by atoms with van der Waals surface area (Å²) >= 11 is 0. The summed E-state index contributed by atoms with van der Waals surface area (Å²) in [7, 11) is 0. The van der Waals surface area contributed by atoms with Crippen molar-refractivity contribution in [3.05, 3.63) is 29.8 Å². The molecule has 2 N–H and O–H groups in total. The summed E-state index contributed by atoms with van der Waals surface area (Å²) in [5.74, 6) is 0.245. The summed E-state index contributed by atoms with van der Waals surface area (Å²) in [6.07, 6.45) is 0.694. The van der Waals surface area contributed by atoms with Gasteiger partial charge in [-0.15, -0.1) is 0 Å². The van der Waals surface area contributed by atoms with Gasteiger partial charge in [0.05, 0.1) is 6.04 Å². The van der Waals surface area contributed by atoms with E-state index in [0.29, 0.717) is 6.42 Å². The van der Waals surface area contributed by atoms with E-state index in [2.05, 4.69) is 0 Å². The molecule has 1 aromatic rings. The SMILES string of the molecule is CC(c1ccc(N)cc1)N1CCC1=O. The first-order valence-corrected chi connectivity index (χ1v) is 4.83. The summed E-state index contributed by atoms with van der Waals surface area (Å²) in [5.41, 5.74) is 7.50. The molecular formula is C11H14N2O. The number of carbonyl (C=O) groups excluding carboxylic acids is 1. The van der Waals surface area contributed by atoms with Crippen LogP contribution in [0.4, 0.5) is 5.69 Å². The second-order valence-corrected chi connectivity index (χ2v) is 3.68. The lowest BCUT2D eigenvalue weighted by Crippen LogP contribution is -2.44. The Morgan fingerprint density at radius 1 is 1.36 bits per heavy atom. The summed E-state index contributed by atoms with van der Waals surface area (Å²) < 4.78 is 0. The Kier molecular flexibility index (Phi) is 2.15. The smallest absolute Gasteiger partial charge is 0.224 e. The van der Waals surface area contributed by atoms with Crippen molar-refractivity contribution >= 4 is 11.6 Å². The van der Waals surface area contributed by atoms with Crippen molar-refractivity contribution in [2.75, 3.05) is 12.3 Å². The number of rotatable bonds is 2. The highest BCUT2D eigenvalue weighted by atomic mass is 16.2. The Bertz CT molecular complexity index is 345. The van der Waals surface area contributed by atoms with Crippen LogP contribution in [0, 0.1) is 0 Å². The molecule has 3 heteroatoms. The molecule has 1 unspecified atom stereocenters. The molecule has 1 atom stereocenters. The average Bonchev–Trinajstić information content (AvgIpc) is 2.16. The molecule has 3 nitrogen and oxygen atoms in total. The molecule has 0 aromatic heterocycles. The second-order valence-electron chi connectivity index (χ2n) is 3.68. The van der Waals surface area contributed by atoms with Crippen molar-refractivity contribution in [2.24, 2.45) is 0 Å². The Morgan fingerprint density at radius 3 is 2.43 bits per heavy atom. The van der Waals surface area contributed by atoms with Gasteiger partial charge in [-0.05, 0) is 24.6 Å². The lowest BCUT2D eigenvalue weighted by molar-refractivity contribution is -0.142. The van der Waals surface area contributed by atoms with E-state index < -0.39 is 0 Å². The molecule has 1 saturated heterocycles. The van der Waals surface area contributed by atoms with E-state index in [9.17, 15) is 4.79 Å². The third-order valence-electron chi connectivity index (χ3n) is 2.77. The van der Waals surface area contributed by atoms with E-state index >= 15 is 0 Å². The van der Waals surface area contributed by atoms with Crippen molar-refractivity contribution in [3.63, 3.8) is 0 Å². The van der Waals surface area contributed by atoms with Crippen molar-refractivity contribution in [3.8, 4) is 0 Å². The fourth-order valence-corrected chi connectivity index (χ4v) is 1.70. The molecule has 1 aliphatic heterocycles. The van der Waals surface area contributed by atoms with E-state index in [1.54, 1.807) is 0 Å². The van der Waals surface area contributed by atoms with Crippen LogP contribution in [0.15, 0.2) is 24.3 Å². The van der Waals surface area contributed by atoms with Gasteiger partial charge in [-0.2, -0.15) is 0 Å². The van der Waals surface area contributed by atoms with Crippen LogP contribution < -0.4 is 5.73 Å². The Balaban J connectivity index is 2.14. The standard InChI is InChI=1S/C11H14N2O/c1-8(13-7-6-11(13)14)9-2-4-10(12)5-3-9/h2-5,8H,6-7,12H2,1H3. The third-order valence-corrected chi connectivity index (χ3v) is 2.77. The summed E-state index contributed by atoms with van der Waals surface area (Å²) in [6.45, 7) is 2.92. The largest absolute Gasteiger partial charge is 0.399 e. The minimum Gasteiger partial charge on any atom is -0.399 e. The van der Waals surface area contributed by atoms with E-state index in [0.717, 1.165) is 17.8 Å². The maximum Gasteiger partial charge on any atom is 0.224 e. The van der Waals surface area contributed by atoms with Crippen LogP contribution in [0.3, 0.4) is 0 Å². The van der Waals surface area contributed by atoms with Crippen molar-refractivity contribution in [1.82, 2.24) is 4.90 Å². The fraction of sp³-hybridized carbons (Fsp3) is 0.364. The first-order valence-electron chi connectivity index (χ1n) is 4.83. The van der Waals surface area contributed by atoms with Gasteiger partial charge < -0.3 is 10.6 Å². The van der Waals surface area contributed by atoms with Gasteiger partial charge in [0.2, 0.25) is 5.91 Å². The molecule has 74 valence electrons. The third kappa shape index (κ3) is 1.45. The van der Waals surface area contributed by atoms with Gasteiger partial charge in [0.1, 0.15) is 0 Å². The zero-order valence-corrected chi connectivity index (χ0v) is 8.23. The monoisotopic (exact) mass is 190 g/mol. The minimum absolute atomic E-state index is 0.178. The highest BCUT2D eigenvalue weighted by Crippen LogP contribution is 2.26. The molecular weight excluding hydrogens is 176 g/mol. The molecule has 1 heterocycles. The van der Waals surface area contributed by atoms with E-state index in [1.165, 1.54) is 0 Å². The molecule has 1 fully saturated rings. The van der Waals surface area contributed by atoms with Gasteiger partial charge in [0.25, 0.3) is 0 Å². The van der Waals surface area contributed by atoms with Crippen molar-refractivity contribution in [1.29, 1.82) is 0 Å². The van der Waals surface area contributed by atoms with Gasteiger partial charge in [-0.1, -0.05) is 12.1 Å². The highest BCUT2D eigenvalue weighted by Gasteiger charge is 2.28. The molecule has 0 radical (unpaired) electrons. The van der Waals surface area contributed by atoms with Gasteiger partial charge >= 0.3 is 0 Å². The molecule has 0 spiro atoms. The van der Waals surface area contributed by atoms with Gasteiger partial charge in [-0.3, -0.25) is 4.79 Å². The minimum atomic E-state index is 0.178. The first kappa shape index (κ1) is 9.06. The number of β-lactam (4-membered cyclic amide) rings is 1. The number of amides is 1. The van der Waals surface area contributed by atoms with Crippen LogP contribution in [0.5, 0.6) is 0 Å². The zero-order chi connectivity index (χ0) is 10.1. The van der Waals surface area contributed by atoms with E-state index in [1.807, 2.05) is 36.1 Å². The van der Waals surface area contributed by atoms with Crippen LogP contribution >= 0.6 is 0 Å². The number of nitrogens with two attached hydrogens (primary N) is 1. The molecule has 14 heavy (non-hydrogen) atoms.